The largest absolute Gasteiger partial charge is 0.497 e. The van der Waals surface area contributed by atoms with Crippen molar-refractivity contribution in [3.8, 4) is 5.75 Å². The Morgan fingerprint density at radius 1 is 1.33 bits per heavy atom. The molecular formula is C14H18Br2O2. The van der Waals surface area contributed by atoms with E-state index in [0.29, 0.717) is 5.41 Å². The monoisotopic (exact) mass is 376 g/mol. The summed E-state index contributed by atoms with van der Waals surface area (Å²) in [6, 6.07) is 6.18. The van der Waals surface area contributed by atoms with Crippen LogP contribution in [0.4, 0.5) is 0 Å². The van der Waals surface area contributed by atoms with Crippen molar-refractivity contribution >= 4 is 31.9 Å². The lowest BCUT2D eigenvalue weighted by Crippen LogP contribution is -2.33. The molecule has 18 heavy (non-hydrogen) atoms. The molecule has 1 saturated heterocycles. The van der Waals surface area contributed by atoms with Crippen molar-refractivity contribution in [2.45, 2.75) is 19.3 Å². The first-order valence-corrected chi connectivity index (χ1v) is 8.07. The molecule has 4 heteroatoms. The fraction of sp³-hybridized carbons (Fsp3) is 0.571. The van der Waals surface area contributed by atoms with Gasteiger partial charge in [-0.15, -0.1) is 0 Å². The molecule has 1 aromatic rings. The minimum atomic E-state index is 0.313. The third kappa shape index (κ3) is 3.28. The Bertz CT molecular complexity index is 401. The van der Waals surface area contributed by atoms with Crippen molar-refractivity contribution in [1.29, 1.82) is 0 Å². The molecule has 0 amide bonds. The molecular weight excluding hydrogens is 360 g/mol. The fourth-order valence-corrected chi connectivity index (χ4v) is 3.53. The molecule has 0 bridgehead atoms. The van der Waals surface area contributed by atoms with Gasteiger partial charge in [0.2, 0.25) is 0 Å². The lowest BCUT2D eigenvalue weighted by molar-refractivity contribution is 0.0269. The highest BCUT2D eigenvalue weighted by atomic mass is 79.9. The van der Waals surface area contributed by atoms with Crippen molar-refractivity contribution in [2.24, 2.45) is 5.41 Å². The number of benzene rings is 1. The van der Waals surface area contributed by atoms with Gasteiger partial charge in [0.15, 0.2) is 0 Å². The normalized spacial score (nSPS) is 18.6. The highest BCUT2D eigenvalue weighted by Crippen LogP contribution is 2.38. The summed E-state index contributed by atoms with van der Waals surface area (Å²) in [7, 11) is 1.71. The van der Waals surface area contributed by atoms with Crippen LogP contribution in [0.5, 0.6) is 5.75 Å². The van der Waals surface area contributed by atoms with Gasteiger partial charge in [-0.3, -0.25) is 0 Å². The fourth-order valence-electron chi connectivity index (χ4n) is 2.38. The highest BCUT2D eigenvalue weighted by molar-refractivity contribution is 9.10. The molecule has 1 aromatic carbocycles. The van der Waals surface area contributed by atoms with E-state index in [9.17, 15) is 0 Å². The standard InChI is InChI=1S/C14H18Br2O2/c1-17-12-2-3-13(16)11(8-12)9-14(10-15)4-6-18-7-5-14/h2-3,8H,4-7,9-10H2,1H3. The van der Waals surface area contributed by atoms with Crippen molar-refractivity contribution < 1.29 is 9.47 Å². The maximum atomic E-state index is 5.48. The van der Waals surface area contributed by atoms with Gasteiger partial charge in [0.1, 0.15) is 5.75 Å². The second-order valence-corrected chi connectivity index (χ2v) is 6.30. The molecule has 1 heterocycles. The van der Waals surface area contributed by atoms with E-state index >= 15 is 0 Å². The van der Waals surface area contributed by atoms with Crippen molar-refractivity contribution in [3.63, 3.8) is 0 Å². The SMILES string of the molecule is COc1ccc(Br)c(CC2(CBr)CCOCC2)c1. The van der Waals surface area contributed by atoms with E-state index in [2.05, 4.69) is 44.0 Å². The predicted octanol–water partition coefficient (Wildman–Crippen LogP) is 4.19. The second-order valence-electron chi connectivity index (χ2n) is 4.88. The van der Waals surface area contributed by atoms with Crippen LogP contribution >= 0.6 is 31.9 Å². The van der Waals surface area contributed by atoms with E-state index in [4.69, 9.17) is 9.47 Å². The minimum absolute atomic E-state index is 0.313. The summed E-state index contributed by atoms with van der Waals surface area (Å²) in [5.74, 6) is 0.921. The van der Waals surface area contributed by atoms with E-state index in [-0.39, 0.29) is 0 Å². The molecule has 1 aliphatic heterocycles. The van der Waals surface area contributed by atoms with E-state index in [0.717, 1.165) is 48.0 Å². The first kappa shape index (κ1) is 14.4. The van der Waals surface area contributed by atoms with Crippen LogP contribution in [0.2, 0.25) is 0 Å². The quantitative estimate of drug-likeness (QED) is 0.732. The summed E-state index contributed by atoms with van der Waals surface area (Å²) >= 11 is 7.32. The topological polar surface area (TPSA) is 18.5 Å². The molecule has 0 saturated carbocycles. The zero-order valence-corrected chi connectivity index (χ0v) is 13.7. The van der Waals surface area contributed by atoms with Gasteiger partial charge in [0.05, 0.1) is 7.11 Å². The molecule has 0 radical (unpaired) electrons. The third-order valence-corrected chi connectivity index (χ3v) is 5.62. The maximum absolute atomic E-state index is 5.48. The van der Waals surface area contributed by atoms with Crippen LogP contribution in [-0.2, 0) is 11.2 Å². The summed E-state index contributed by atoms with van der Waals surface area (Å²) in [4.78, 5) is 0. The van der Waals surface area contributed by atoms with E-state index in [1.165, 1.54) is 5.56 Å². The first-order chi connectivity index (χ1) is 8.69. The number of hydrogen-bond donors (Lipinski definition) is 0. The van der Waals surface area contributed by atoms with Crippen LogP contribution in [-0.4, -0.2) is 25.7 Å². The highest BCUT2D eigenvalue weighted by Gasteiger charge is 2.32. The van der Waals surface area contributed by atoms with Gasteiger partial charge in [-0.2, -0.15) is 0 Å². The molecule has 2 nitrogen and oxygen atoms in total. The van der Waals surface area contributed by atoms with Crippen LogP contribution < -0.4 is 4.74 Å². The summed E-state index contributed by atoms with van der Waals surface area (Å²) < 4.78 is 12.0. The average Bonchev–Trinajstić information content (AvgIpc) is 2.42. The molecule has 0 aromatic heterocycles. The minimum Gasteiger partial charge on any atom is -0.497 e. The lowest BCUT2D eigenvalue weighted by atomic mass is 9.77. The van der Waals surface area contributed by atoms with E-state index < -0.39 is 0 Å². The van der Waals surface area contributed by atoms with Gasteiger partial charge in [0, 0.05) is 23.0 Å². The summed E-state index contributed by atoms with van der Waals surface area (Å²) in [5.41, 5.74) is 1.63. The van der Waals surface area contributed by atoms with Crippen molar-refractivity contribution in [3.05, 3.63) is 28.2 Å². The number of hydrogen-bond acceptors (Lipinski definition) is 2. The number of alkyl halides is 1. The first-order valence-electron chi connectivity index (χ1n) is 6.15. The Kier molecular flexibility index (Phi) is 5.10. The van der Waals surface area contributed by atoms with Gasteiger partial charge >= 0.3 is 0 Å². The Balaban J connectivity index is 2.20. The van der Waals surface area contributed by atoms with Gasteiger partial charge in [0.25, 0.3) is 0 Å². The van der Waals surface area contributed by atoms with Crippen molar-refractivity contribution in [2.75, 3.05) is 25.7 Å². The number of halogens is 2. The number of methoxy groups -OCH3 is 1. The van der Waals surface area contributed by atoms with Crippen LogP contribution in [0.3, 0.4) is 0 Å². The molecule has 0 unspecified atom stereocenters. The van der Waals surface area contributed by atoms with Crippen molar-refractivity contribution in [1.82, 2.24) is 0 Å². The van der Waals surface area contributed by atoms with Crippen LogP contribution in [0.1, 0.15) is 18.4 Å². The van der Waals surface area contributed by atoms with Gasteiger partial charge in [-0.05, 0) is 48.4 Å². The van der Waals surface area contributed by atoms with Crippen LogP contribution in [0, 0.1) is 5.41 Å². The molecule has 0 spiro atoms. The number of rotatable bonds is 4. The van der Waals surface area contributed by atoms with Gasteiger partial charge in [-0.1, -0.05) is 31.9 Å². The Morgan fingerprint density at radius 2 is 2.06 bits per heavy atom. The molecule has 0 N–H and O–H groups in total. The maximum Gasteiger partial charge on any atom is 0.119 e. The molecule has 2 rings (SSSR count). The Morgan fingerprint density at radius 3 is 2.67 bits per heavy atom. The molecule has 0 aliphatic carbocycles. The summed E-state index contributed by atoms with van der Waals surface area (Å²) in [5, 5.41) is 1.02. The molecule has 1 aliphatic rings. The molecule has 100 valence electrons. The van der Waals surface area contributed by atoms with Gasteiger partial charge in [-0.25, -0.2) is 0 Å². The zero-order chi connectivity index (χ0) is 13.0. The second kappa shape index (κ2) is 6.40. The predicted molar refractivity (Wildman–Crippen MR) is 80.7 cm³/mol. The third-order valence-electron chi connectivity index (χ3n) is 3.66. The van der Waals surface area contributed by atoms with Gasteiger partial charge < -0.3 is 9.47 Å². The summed E-state index contributed by atoms with van der Waals surface area (Å²) in [6.07, 6.45) is 3.28. The molecule has 0 atom stereocenters. The Hall–Kier alpha value is -0.0600. The van der Waals surface area contributed by atoms with E-state index in [1.807, 2.05) is 6.07 Å². The van der Waals surface area contributed by atoms with Crippen LogP contribution in [0.25, 0.3) is 0 Å². The summed E-state index contributed by atoms with van der Waals surface area (Å²) in [6.45, 7) is 1.74. The Labute approximate surface area is 125 Å². The average molecular weight is 378 g/mol. The van der Waals surface area contributed by atoms with E-state index in [1.54, 1.807) is 7.11 Å². The lowest BCUT2D eigenvalue weighted by Gasteiger charge is -2.36. The smallest absolute Gasteiger partial charge is 0.119 e. The zero-order valence-electron chi connectivity index (χ0n) is 10.5. The number of ether oxygens (including phenoxy) is 2. The van der Waals surface area contributed by atoms with Crippen LogP contribution in [0.15, 0.2) is 22.7 Å². The molecule has 1 fully saturated rings.